The summed E-state index contributed by atoms with van der Waals surface area (Å²) < 4.78 is 12.0. The molecule has 2 fully saturated rings. The SMILES string of the molecule is C=CCN1CC[C@@]2(c3cccc(OC)c3)C[C@@H](NC(=O)c3ccc4ccccc4c3)CC[C@]2(OC)C1. The van der Waals surface area contributed by atoms with Crippen molar-refractivity contribution in [2.45, 2.75) is 42.7 Å². The van der Waals surface area contributed by atoms with Crippen LogP contribution in [0.25, 0.3) is 10.8 Å². The van der Waals surface area contributed by atoms with Crippen LogP contribution in [0, 0.1) is 0 Å². The zero-order valence-corrected chi connectivity index (χ0v) is 21.3. The maximum absolute atomic E-state index is 13.4. The zero-order valence-electron chi connectivity index (χ0n) is 21.3. The van der Waals surface area contributed by atoms with Gasteiger partial charge in [-0.25, -0.2) is 0 Å². The Hall–Kier alpha value is -3.15. The van der Waals surface area contributed by atoms with Gasteiger partial charge in [0, 0.05) is 37.2 Å². The number of amides is 1. The summed E-state index contributed by atoms with van der Waals surface area (Å²) >= 11 is 0. The van der Waals surface area contributed by atoms with Gasteiger partial charge in [0.15, 0.2) is 0 Å². The van der Waals surface area contributed by atoms with Crippen LogP contribution in [-0.2, 0) is 10.2 Å². The van der Waals surface area contributed by atoms with E-state index in [0.717, 1.165) is 61.8 Å². The predicted molar refractivity (Wildman–Crippen MR) is 145 cm³/mol. The smallest absolute Gasteiger partial charge is 0.251 e. The van der Waals surface area contributed by atoms with Crippen LogP contribution < -0.4 is 10.1 Å². The van der Waals surface area contributed by atoms with Gasteiger partial charge >= 0.3 is 0 Å². The number of nitrogens with zero attached hydrogens (tertiary/aromatic N) is 1. The molecule has 1 saturated carbocycles. The second kappa shape index (κ2) is 10.1. The minimum atomic E-state index is -0.342. The molecule has 5 nitrogen and oxygen atoms in total. The Morgan fingerprint density at radius 1 is 1.08 bits per heavy atom. The van der Waals surface area contributed by atoms with Crippen LogP contribution >= 0.6 is 0 Å². The highest BCUT2D eigenvalue weighted by Gasteiger charge is 2.58. The summed E-state index contributed by atoms with van der Waals surface area (Å²) in [5, 5.41) is 5.60. The standard InChI is InChI=1S/C31H36N2O3/c1-4-17-33-18-16-30(26-10-7-11-28(20-26)35-2)21-27(14-15-31(30,22-33)36-3)32-29(34)25-13-12-23-8-5-6-9-24(23)19-25/h4-13,19-20,27H,1,14-18,21-22H2,2-3H3,(H,32,34)/t27-,30-,31-/m0/s1. The third-order valence-electron chi connectivity index (χ3n) is 8.44. The molecule has 2 aliphatic rings. The highest BCUT2D eigenvalue weighted by molar-refractivity contribution is 5.98. The van der Waals surface area contributed by atoms with E-state index in [1.165, 1.54) is 5.56 Å². The van der Waals surface area contributed by atoms with Crippen LogP contribution in [-0.4, -0.2) is 56.3 Å². The molecule has 1 amide bonds. The number of carbonyl (C=O) groups is 1. The van der Waals surface area contributed by atoms with E-state index in [2.05, 4.69) is 47.1 Å². The third-order valence-corrected chi connectivity index (χ3v) is 8.44. The molecule has 5 heteroatoms. The highest BCUT2D eigenvalue weighted by atomic mass is 16.5. The van der Waals surface area contributed by atoms with Crippen LogP contribution in [0.2, 0.25) is 0 Å². The fourth-order valence-electron chi connectivity index (χ4n) is 6.57. The van der Waals surface area contributed by atoms with E-state index >= 15 is 0 Å². The molecule has 0 aromatic heterocycles. The molecule has 1 N–H and O–H groups in total. The Kier molecular flexibility index (Phi) is 6.87. The van der Waals surface area contributed by atoms with Gasteiger partial charge in [-0.15, -0.1) is 6.58 Å². The van der Waals surface area contributed by atoms with Gasteiger partial charge in [0.25, 0.3) is 5.91 Å². The maximum Gasteiger partial charge on any atom is 0.251 e. The minimum absolute atomic E-state index is 0.0134. The molecule has 0 radical (unpaired) electrons. The number of hydrogen-bond acceptors (Lipinski definition) is 4. The summed E-state index contributed by atoms with van der Waals surface area (Å²) in [4.78, 5) is 15.8. The number of hydrogen-bond donors (Lipinski definition) is 1. The second-order valence-electron chi connectivity index (χ2n) is 10.3. The molecule has 1 heterocycles. The molecule has 3 aromatic rings. The van der Waals surface area contributed by atoms with Gasteiger partial charge in [0.05, 0.1) is 12.7 Å². The number of benzene rings is 3. The maximum atomic E-state index is 13.4. The number of likely N-dealkylation sites (tertiary alicyclic amines) is 1. The first-order chi connectivity index (χ1) is 17.5. The lowest BCUT2D eigenvalue weighted by Gasteiger charge is -2.59. The molecule has 1 saturated heterocycles. The first-order valence-electron chi connectivity index (χ1n) is 12.9. The summed E-state index contributed by atoms with van der Waals surface area (Å²) in [6.45, 7) is 6.60. The first-order valence-corrected chi connectivity index (χ1v) is 12.9. The third kappa shape index (κ3) is 4.31. The Morgan fingerprint density at radius 2 is 1.92 bits per heavy atom. The van der Waals surface area contributed by atoms with Gasteiger partial charge in [0.1, 0.15) is 5.75 Å². The van der Waals surface area contributed by atoms with Gasteiger partial charge in [0.2, 0.25) is 0 Å². The molecular weight excluding hydrogens is 448 g/mol. The lowest BCUT2D eigenvalue weighted by atomic mass is 9.55. The van der Waals surface area contributed by atoms with Gasteiger partial charge in [-0.1, -0.05) is 48.5 Å². The summed E-state index contributed by atoms with van der Waals surface area (Å²) in [6.07, 6.45) is 5.49. The second-order valence-corrected chi connectivity index (χ2v) is 10.3. The molecule has 188 valence electrons. The van der Waals surface area contributed by atoms with Crippen molar-refractivity contribution in [2.24, 2.45) is 0 Å². The Balaban J connectivity index is 1.46. The van der Waals surface area contributed by atoms with Crippen molar-refractivity contribution in [1.29, 1.82) is 0 Å². The van der Waals surface area contributed by atoms with E-state index < -0.39 is 0 Å². The molecule has 1 aliphatic heterocycles. The van der Waals surface area contributed by atoms with Crippen LogP contribution in [0.3, 0.4) is 0 Å². The number of nitrogens with one attached hydrogen (secondary N) is 1. The van der Waals surface area contributed by atoms with E-state index in [1.54, 1.807) is 7.11 Å². The van der Waals surface area contributed by atoms with Crippen molar-refractivity contribution >= 4 is 16.7 Å². The fraction of sp³-hybridized carbons (Fsp3) is 0.387. The zero-order chi connectivity index (χ0) is 25.2. The number of methoxy groups -OCH3 is 2. The Labute approximate surface area is 214 Å². The van der Waals surface area contributed by atoms with Crippen LogP contribution in [0.1, 0.15) is 41.6 Å². The molecule has 0 unspecified atom stereocenters. The van der Waals surface area contributed by atoms with Crippen molar-refractivity contribution in [3.63, 3.8) is 0 Å². The molecular formula is C31H36N2O3. The summed E-state index contributed by atoms with van der Waals surface area (Å²) in [5.41, 5.74) is 1.36. The average molecular weight is 485 g/mol. The first kappa shape index (κ1) is 24.5. The number of piperidine rings is 1. The van der Waals surface area contributed by atoms with Crippen molar-refractivity contribution in [3.05, 3.63) is 90.5 Å². The molecule has 5 rings (SSSR count). The molecule has 0 bridgehead atoms. The van der Waals surface area contributed by atoms with Crippen molar-refractivity contribution in [3.8, 4) is 5.75 Å². The largest absolute Gasteiger partial charge is 0.497 e. The van der Waals surface area contributed by atoms with Crippen molar-refractivity contribution < 1.29 is 14.3 Å². The number of carbonyl (C=O) groups excluding carboxylic acids is 1. The normalized spacial score (nSPS) is 26.2. The van der Waals surface area contributed by atoms with E-state index in [0.29, 0.717) is 5.56 Å². The molecule has 1 aliphatic carbocycles. The monoisotopic (exact) mass is 484 g/mol. The number of ether oxygens (including phenoxy) is 2. The Morgan fingerprint density at radius 3 is 2.69 bits per heavy atom. The van der Waals surface area contributed by atoms with E-state index in [1.807, 2.05) is 49.6 Å². The summed E-state index contributed by atoms with van der Waals surface area (Å²) in [6, 6.07) is 22.5. The highest BCUT2D eigenvalue weighted by Crippen LogP contribution is 2.53. The fourth-order valence-corrected chi connectivity index (χ4v) is 6.57. The van der Waals surface area contributed by atoms with Crippen molar-refractivity contribution in [1.82, 2.24) is 10.2 Å². The molecule has 3 atom stereocenters. The lowest BCUT2D eigenvalue weighted by Crippen LogP contribution is -2.67. The Bertz CT molecular complexity index is 1260. The van der Waals surface area contributed by atoms with Gasteiger partial charge in [-0.2, -0.15) is 0 Å². The van der Waals surface area contributed by atoms with E-state index in [9.17, 15) is 4.79 Å². The van der Waals surface area contributed by atoms with E-state index in [4.69, 9.17) is 9.47 Å². The predicted octanol–water partition coefficient (Wildman–Crippen LogP) is 5.35. The quantitative estimate of drug-likeness (QED) is 0.460. The van der Waals surface area contributed by atoms with Gasteiger partial charge in [-0.05, 0) is 72.8 Å². The number of rotatable bonds is 7. The lowest BCUT2D eigenvalue weighted by molar-refractivity contribution is -0.146. The average Bonchev–Trinajstić information content (AvgIpc) is 2.93. The topological polar surface area (TPSA) is 50.8 Å². The molecule has 36 heavy (non-hydrogen) atoms. The minimum Gasteiger partial charge on any atom is -0.497 e. The van der Waals surface area contributed by atoms with Crippen LogP contribution in [0.15, 0.2) is 79.4 Å². The van der Waals surface area contributed by atoms with E-state index in [-0.39, 0.29) is 23.0 Å². The van der Waals surface area contributed by atoms with Crippen LogP contribution in [0.4, 0.5) is 0 Å². The summed E-state index contributed by atoms with van der Waals surface area (Å²) in [7, 11) is 3.56. The number of fused-ring (bicyclic) bond motifs is 2. The molecule has 3 aromatic carbocycles. The summed E-state index contributed by atoms with van der Waals surface area (Å²) in [5.74, 6) is 0.836. The van der Waals surface area contributed by atoms with Crippen LogP contribution in [0.5, 0.6) is 5.75 Å². The van der Waals surface area contributed by atoms with Crippen molar-refractivity contribution in [2.75, 3.05) is 33.9 Å². The molecule has 0 spiro atoms. The van der Waals surface area contributed by atoms with Gasteiger partial charge in [-0.3, -0.25) is 9.69 Å². The van der Waals surface area contributed by atoms with Gasteiger partial charge < -0.3 is 14.8 Å².